The highest BCUT2D eigenvalue weighted by atomic mass is 32.2. The van der Waals surface area contributed by atoms with Gasteiger partial charge in [-0.15, -0.1) is 11.8 Å². The zero-order chi connectivity index (χ0) is 15.4. The molecule has 0 bridgehead atoms. The van der Waals surface area contributed by atoms with E-state index >= 15 is 0 Å². The number of hydrogen-bond acceptors (Lipinski definition) is 5. The van der Waals surface area contributed by atoms with Crippen LogP contribution in [0.2, 0.25) is 0 Å². The number of carbonyl (C=O) groups is 1. The van der Waals surface area contributed by atoms with Gasteiger partial charge in [-0.2, -0.15) is 0 Å². The Hall–Kier alpha value is -1.99. The fourth-order valence-corrected chi connectivity index (χ4v) is 3.08. The number of carbonyl (C=O) groups excluding carboxylic acids is 1. The number of anilines is 1. The number of nitrogens with one attached hydrogen (secondary N) is 2. The van der Waals surface area contributed by atoms with Gasteiger partial charge in [-0.1, -0.05) is 17.8 Å². The first kappa shape index (κ1) is 14.9. The van der Waals surface area contributed by atoms with Crippen molar-refractivity contribution >= 4 is 46.2 Å². The minimum atomic E-state index is -0.0539. The Morgan fingerprint density at radius 1 is 1.36 bits per heavy atom. The monoisotopic (exact) mass is 330 g/mol. The van der Waals surface area contributed by atoms with Crippen molar-refractivity contribution < 1.29 is 4.79 Å². The maximum absolute atomic E-state index is 12.0. The maximum Gasteiger partial charge on any atom is 0.234 e. The number of rotatable bonds is 5. The number of pyridine rings is 1. The maximum atomic E-state index is 12.0. The molecule has 0 spiro atoms. The highest BCUT2D eigenvalue weighted by Gasteiger charge is 2.07. The number of aromatic amines is 1. The summed E-state index contributed by atoms with van der Waals surface area (Å²) in [6.45, 7) is 0. The van der Waals surface area contributed by atoms with Gasteiger partial charge in [0.1, 0.15) is 0 Å². The van der Waals surface area contributed by atoms with E-state index in [1.54, 1.807) is 24.2 Å². The summed E-state index contributed by atoms with van der Waals surface area (Å²) >= 11 is 3.02. The van der Waals surface area contributed by atoms with E-state index in [9.17, 15) is 4.79 Å². The largest absolute Gasteiger partial charge is 0.332 e. The molecular formula is C15H14N4OS2. The molecule has 2 aromatic heterocycles. The Bertz CT molecular complexity index is 770. The van der Waals surface area contributed by atoms with E-state index in [1.807, 2.05) is 36.6 Å². The van der Waals surface area contributed by atoms with Crippen LogP contribution in [0, 0.1) is 0 Å². The van der Waals surface area contributed by atoms with Crippen LogP contribution in [0.3, 0.4) is 0 Å². The molecule has 112 valence electrons. The minimum absolute atomic E-state index is 0.0539. The van der Waals surface area contributed by atoms with Gasteiger partial charge in [0.15, 0.2) is 5.16 Å². The van der Waals surface area contributed by atoms with E-state index in [-0.39, 0.29) is 5.91 Å². The number of hydrogen-bond donors (Lipinski definition) is 2. The van der Waals surface area contributed by atoms with Gasteiger partial charge in [-0.05, 0) is 30.5 Å². The molecule has 0 fully saturated rings. The van der Waals surface area contributed by atoms with Crippen LogP contribution in [0.5, 0.6) is 0 Å². The summed E-state index contributed by atoms with van der Waals surface area (Å²) in [5, 5.41) is 3.61. The zero-order valence-corrected chi connectivity index (χ0v) is 13.5. The Kier molecular flexibility index (Phi) is 4.65. The highest BCUT2D eigenvalue weighted by molar-refractivity contribution is 7.99. The van der Waals surface area contributed by atoms with E-state index in [2.05, 4.69) is 20.3 Å². The lowest BCUT2D eigenvalue weighted by Gasteiger charge is -2.05. The van der Waals surface area contributed by atoms with Crippen LogP contribution >= 0.6 is 23.5 Å². The number of H-pyrrole nitrogens is 1. The predicted molar refractivity (Wildman–Crippen MR) is 91.5 cm³/mol. The van der Waals surface area contributed by atoms with Gasteiger partial charge in [0.05, 0.1) is 23.0 Å². The summed E-state index contributed by atoms with van der Waals surface area (Å²) in [5.74, 6) is 0.248. The second-order valence-corrected chi connectivity index (χ2v) is 6.35. The first-order valence-corrected chi connectivity index (χ1v) is 8.82. The molecule has 2 N–H and O–H groups in total. The molecule has 3 aromatic rings. The van der Waals surface area contributed by atoms with Crippen LogP contribution in [0.4, 0.5) is 5.69 Å². The summed E-state index contributed by atoms with van der Waals surface area (Å²) in [7, 11) is 0. The summed E-state index contributed by atoms with van der Waals surface area (Å²) in [6, 6.07) is 9.62. The summed E-state index contributed by atoms with van der Waals surface area (Å²) in [5.41, 5.74) is 2.54. The summed E-state index contributed by atoms with van der Waals surface area (Å²) < 4.78 is 0. The van der Waals surface area contributed by atoms with E-state index in [0.717, 1.165) is 26.8 Å². The zero-order valence-electron chi connectivity index (χ0n) is 11.9. The first-order chi connectivity index (χ1) is 10.7. The van der Waals surface area contributed by atoms with E-state index in [4.69, 9.17) is 0 Å². The molecule has 5 nitrogen and oxygen atoms in total. The number of imidazole rings is 1. The fourth-order valence-electron chi connectivity index (χ4n) is 1.93. The van der Waals surface area contributed by atoms with Crippen LogP contribution in [-0.4, -0.2) is 32.9 Å². The second kappa shape index (κ2) is 6.85. The minimum Gasteiger partial charge on any atom is -0.332 e. The quantitative estimate of drug-likeness (QED) is 0.702. The molecule has 0 unspecified atom stereocenters. The molecule has 7 heteroatoms. The van der Waals surface area contributed by atoms with Crippen molar-refractivity contribution in [1.29, 1.82) is 0 Å². The van der Waals surface area contributed by atoms with Crippen LogP contribution in [0.1, 0.15) is 0 Å². The topological polar surface area (TPSA) is 70.7 Å². The lowest BCUT2D eigenvalue weighted by Crippen LogP contribution is -2.14. The molecule has 0 saturated carbocycles. The fraction of sp³-hybridized carbons (Fsp3) is 0.133. The van der Waals surface area contributed by atoms with Crippen LogP contribution < -0.4 is 5.32 Å². The normalized spacial score (nSPS) is 10.8. The lowest BCUT2D eigenvalue weighted by atomic mass is 10.3. The molecule has 0 saturated heterocycles. The van der Waals surface area contributed by atoms with Gasteiger partial charge in [-0.25, -0.2) is 4.98 Å². The van der Waals surface area contributed by atoms with Crippen molar-refractivity contribution in [2.24, 2.45) is 0 Å². The Balaban J connectivity index is 1.59. The molecule has 1 aromatic carbocycles. The SMILES string of the molecule is CSc1cccc(NC(=O)CSc2nc3ccncc3[nH]2)c1. The number of amides is 1. The third-order valence-corrected chi connectivity index (χ3v) is 4.55. The van der Waals surface area contributed by atoms with Crippen molar-refractivity contribution in [2.75, 3.05) is 17.3 Å². The van der Waals surface area contributed by atoms with E-state index < -0.39 is 0 Å². The molecule has 2 heterocycles. The van der Waals surface area contributed by atoms with Gasteiger partial charge in [0, 0.05) is 16.8 Å². The van der Waals surface area contributed by atoms with Crippen molar-refractivity contribution in [3.05, 3.63) is 42.7 Å². The lowest BCUT2D eigenvalue weighted by molar-refractivity contribution is -0.113. The van der Waals surface area contributed by atoms with Crippen LogP contribution in [-0.2, 0) is 4.79 Å². The van der Waals surface area contributed by atoms with Gasteiger partial charge >= 0.3 is 0 Å². The smallest absolute Gasteiger partial charge is 0.234 e. The van der Waals surface area contributed by atoms with Crippen molar-refractivity contribution in [3.8, 4) is 0 Å². The average molecular weight is 330 g/mol. The third kappa shape index (κ3) is 3.61. The molecule has 1 amide bonds. The molecule has 0 radical (unpaired) electrons. The van der Waals surface area contributed by atoms with Gasteiger partial charge in [0.25, 0.3) is 0 Å². The van der Waals surface area contributed by atoms with Crippen LogP contribution in [0.25, 0.3) is 11.0 Å². The highest BCUT2D eigenvalue weighted by Crippen LogP contribution is 2.21. The summed E-state index contributed by atoms with van der Waals surface area (Å²) in [6.07, 6.45) is 5.43. The molecule has 0 aliphatic carbocycles. The van der Waals surface area contributed by atoms with Crippen molar-refractivity contribution in [2.45, 2.75) is 10.1 Å². The predicted octanol–water partition coefficient (Wildman–Crippen LogP) is 3.41. The van der Waals surface area contributed by atoms with E-state index in [0.29, 0.717) is 5.75 Å². The number of benzene rings is 1. The van der Waals surface area contributed by atoms with Gasteiger partial charge < -0.3 is 10.3 Å². The molecule has 3 rings (SSSR count). The summed E-state index contributed by atoms with van der Waals surface area (Å²) in [4.78, 5) is 24.7. The Labute approximate surface area is 136 Å². The van der Waals surface area contributed by atoms with Gasteiger partial charge in [-0.3, -0.25) is 9.78 Å². The van der Waals surface area contributed by atoms with Gasteiger partial charge in [0.2, 0.25) is 5.91 Å². The molecule has 0 aliphatic heterocycles. The number of nitrogens with zero attached hydrogens (tertiary/aromatic N) is 2. The molecule has 0 aliphatic rings. The molecule has 0 atom stereocenters. The first-order valence-electron chi connectivity index (χ1n) is 6.61. The average Bonchev–Trinajstić information content (AvgIpc) is 2.96. The van der Waals surface area contributed by atoms with E-state index in [1.165, 1.54) is 11.8 Å². The second-order valence-electron chi connectivity index (χ2n) is 4.50. The third-order valence-electron chi connectivity index (χ3n) is 2.96. The number of aromatic nitrogens is 3. The Morgan fingerprint density at radius 3 is 3.09 bits per heavy atom. The molecule has 22 heavy (non-hydrogen) atoms. The Morgan fingerprint density at radius 2 is 2.27 bits per heavy atom. The van der Waals surface area contributed by atoms with Crippen molar-refractivity contribution in [3.63, 3.8) is 0 Å². The standard InChI is InChI=1S/C15H14N4OS2/c1-21-11-4-2-3-10(7-11)17-14(20)9-22-15-18-12-5-6-16-8-13(12)19-15/h2-8H,9H2,1H3,(H,17,20)(H,18,19). The van der Waals surface area contributed by atoms with Crippen LogP contribution in [0.15, 0.2) is 52.8 Å². The molecular weight excluding hydrogens is 316 g/mol. The number of thioether (sulfide) groups is 2. The van der Waals surface area contributed by atoms with Crippen molar-refractivity contribution in [1.82, 2.24) is 15.0 Å². The number of fused-ring (bicyclic) bond motifs is 1.